The van der Waals surface area contributed by atoms with Gasteiger partial charge in [0.2, 0.25) is 0 Å². The number of halogens is 2. The van der Waals surface area contributed by atoms with Crippen LogP contribution in [0.1, 0.15) is 5.56 Å². The maximum atomic E-state index is 14.6. The highest BCUT2D eigenvalue weighted by molar-refractivity contribution is 7.14. The summed E-state index contributed by atoms with van der Waals surface area (Å²) in [6.45, 7) is 1.95. The number of hydrogen-bond donors (Lipinski definition) is 0. The number of anilines is 3. The molecule has 2 heterocycles. The van der Waals surface area contributed by atoms with Gasteiger partial charge in [-0.15, -0.1) is 11.3 Å². The topological polar surface area (TPSA) is 29.0 Å². The normalized spacial score (nSPS) is 10.8. The number of thiazole rings is 1. The van der Waals surface area contributed by atoms with Crippen molar-refractivity contribution in [2.45, 2.75) is 6.92 Å². The van der Waals surface area contributed by atoms with Crippen molar-refractivity contribution in [2.24, 2.45) is 0 Å². The Labute approximate surface area is 159 Å². The zero-order valence-electron chi connectivity index (χ0n) is 14.4. The number of para-hydroxylation sites is 1. The van der Waals surface area contributed by atoms with Gasteiger partial charge in [0, 0.05) is 29.4 Å². The molecule has 2 aromatic heterocycles. The molecule has 0 spiro atoms. The molecule has 0 atom stereocenters. The third-order valence-corrected chi connectivity index (χ3v) is 4.99. The SMILES string of the molecule is Cc1ccccc1N(c1nc(-c2ccncc2)cs1)c1ccc(F)cc1F. The van der Waals surface area contributed by atoms with Crippen molar-refractivity contribution in [2.75, 3.05) is 4.90 Å². The Hall–Kier alpha value is -3.12. The summed E-state index contributed by atoms with van der Waals surface area (Å²) in [5, 5.41) is 2.51. The first-order valence-electron chi connectivity index (χ1n) is 8.30. The van der Waals surface area contributed by atoms with Gasteiger partial charge in [-0.25, -0.2) is 13.8 Å². The van der Waals surface area contributed by atoms with E-state index < -0.39 is 11.6 Å². The fourth-order valence-corrected chi connectivity index (χ4v) is 3.69. The van der Waals surface area contributed by atoms with Crippen molar-refractivity contribution in [1.82, 2.24) is 9.97 Å². The van der Waals surface area contributed by atoms with Crippen LogP contribution in [0.3, 0.4) is 0 Å². The molecule has 0 aliphatic rings. The number of hydrogen-bond acceptors (Lipinski definition) is 4. The van der Waals surface area contributed by atoms with Crippen molar-refractivity contribution < 1.29 is 8.78 Å². The fourth-order valence-electron chi connectivity index (χ4n) is 2.84. The van der Waals surface area contributed by atoms with Crippen molar-refractivity contribution in [3.05, 3.63) is 89.6 Å². The zero-order valence-corrected chi connectivity index (χ0v) is 15.3. The Morgan fingerprint density at radius 1 is 0.926 bits per heavy atom. The van der Waals surface area contributed by atoms with Gasteiger partial charge >= 0.3 is 0 Å². The van der Waals surface area contributed by atoms with Gasteiger partial charge in [0.25, 0.3) is 0 Å². The van der Waals surface area contributed by atoms with Gasteiger partial charge in [-0.1, -0.05) is 18.2 Å². The molecular formula is C21H15F2N3S. The summed E-state index contributed by atoms with van der Waals surface area (Å²) in [5.41, 5.74) is 3.71. The maximum absolute atomic E-state index is 14.6. The second-order valence-corrected chi connectivity index (χ2v) is 6.81. The first kappa shape index (κ1) is 17.3. The second-order valence-electron chi connectivity index (χ2n) is 5.97. The van der Waals surface area contributed by atoms with Gasteiger partial charge in [-0.3, -0.25) is 9.88 Å². The minimum Gasteiger partial charge on any atom is -0.283 e. The minimum absolute atomic E-state index is 0.251. The average Bonchev–Trinajstić information content (AvgIpc) is 3.16. The molecule has 0 unspecified atom stereocenters. The molecule has 0 N–H and O–H groups in total. The van der Waals surface area contributed by atoms with Gasteiger partial charge in [0.15, 0.2) is 5.13 Å². The molecule has 4 aromatic rings. The van der Waals surface area contributed by atoms with Crippen molar-refractivity contribution in [3.63, 3.8) is 0 Å². The Balaban J connectivity index is 1.87. The van der Waals surface area contributed by atoms with E-state index in [0.29, 0.717) is 5.13 Å². The number of pyridine rings is 1. The smallest absolute Gasteiger partial charge is 0.195 e. The summed E-state index contributed by atoms with van der Waals surface area (Å²) < 4.78 is 28.1. The summed E-state index contributed by atoms with van der Waals surface area (Å²) in [4.78, 5) is 10.4. The number of nitrogens with zero attached hydrogens (tertiary/aromatic N) is 3. The molecule has 0 saturated carbocycles. The van der Waals surface area contributed by atoms with Crippen LogP contribution in [-0.2, 0) is 0 Å². The standard InChI is InChI=1S/C21H15F2N3S/c1-14-4-2-3-5-19(14)26(20-7-6-16(22)12-17(20)23)21-25-18(13-27-21)15-8-10-24-11-9-15/h2-13H,1H3. The highest BCUT2D eigenvalue weighted by Gasteiger charge is 2.21. The quantitative estimate of drug-likeness (QED) is 0.419. The summed E-state index contributed by atoms with van der Waals surface area (Å²) >= 11 is 1.40. The summed E-state index contributed by atoms with van der Waals surface area (Å²) in [7, 11) is 0. The Morgan fingerprint density at radius 2 is 1.70 bits per heavy atom. The lowest BCUT2D eigenvalue weighted by Gasteiger charge is -2.24. The van der Waals surface area contributed by atoms with E-state index in [1.54, 1.807) is 17.3 Å². The van der Waals surface area contributed by atoms with E-state index in [1.165, 1.54) is 23.5 Å². The van der Waals surface area contributed by atoms with Crippen LogP contribution in [0.2, 0.25) is 0 Å². The van der Waals surface area contributed by atoms with Crippen LogP contribution in [0, 0.1) is 18.6 Å². The van der Waals surface area contributed by atoms with Crippen LogP contribution >= 0.6 is 11.3 Å². The average molecular weight is 379 g/mol. The Bertz CT molecular complexity index is 1080. The third-order valence-electron chi connectivity index (χ3n) is 4.17. The molecule has 3 nitrogen and oxygen atoms in total. The molecule has 0 saturated heterocycles. The Kier molecular flexibility index (Phi) is 4.64. The van der Waals surface area contributed by atoms with E-state index in [4.69, 9.17) is 4.98 Å². The minimum atomic E-state index is -0.640. The summed E-state index contributed by atoms with van der Waals surface area (Å²) in [5.74, 6) is -1.25. The van der Waals surface area contributed by atoms with Crippen molar-refractivity contribution >= 4 is 27.8 Å². The number of aryl methyl sites for hydroxylation is 1. The lowest BCUT2D eigenvalue weighted by molar-refractivity contribution is 0.584. The summed E-state index contributed by atoms with van der Waals surface area (Å²) in [6.07, 6.45) is 3.40. The lowest BCUT2D eigenvalue weighted by atomic mass is 10.1. The highest BCUT2D eigenvalue weighted by Crippen LogP contribution is 2.40. The van der Waals surface area contributed by atoms with Crippen LogP contribution in [0.4, 0.5) is 25.3 Å². The number of rotatable bonds is 4. The van der Waals surface area contributed by atoms with Gasteiger partial charge in [-0.2, -0.15) is 0 Å². The second kappa shape index (κ2) is 7.25. The summed E-state index contributed by atoms with van der Waals surface area (Å²) in [6, 6.07) is 15.0. The third kappa shape index (κ3) is 3.44. The molecular weight excluding hydrogens is 364 g/mol. The molecule has 0 aliphatic carbocycles. The largest absolute Gasteiger partial charge is 0.283 e. The predicted molar refractivity (Wildman–Crippen MR) is 105 cm³/mol. The van der Waals surface area contributed by atoms with E-state index in [0.717, 1.165) is 28.6 Å². The van der Waals surface area contributed by atoms with E-state index in [-0.39, 0.29) is 5.69 Å². The van der Waals surface area contributed by atoms with Crippen LogP contribution in [0.5, 0.6) is 0 Å². The molecule has 134 valence electrons. The first-order chi connectivity index (χ1) is 13.1. The van der Waals surface area contributed by atoms with Crippen molar-refractivity contribution in [3.8, 4) is 11.3 Å². The van der Waals surface area contributed by atoms with Crippen LogP contribution < -0.4 is 4.90 Å². The lowest BCUT2D eigenvalue weighted by Crippen LogP contribution is -2.13. The predicted octanol–water partition coefficient (Wildman–Crippen LogP) is 6.26. The van der Waals surface area contributed by atoms with Crippen LogP contribution in [-0.4, -0.2) is 9.97 Å². The van der Waals surface area contributed by atoms with E-state index in [2.05, 4.69) is 4.98 Å². The fraction of sp³-hybridized carbons (Fsp3) is 0.0476. The molecule has 0 aliphatic heterocycles. The van der Waals surface area contributed by atoms with E-state index in [1.807, 2.05) is 48.7 Å². The molecule has 6 heteroatoms. The zero-order chi connectivity index (χ0) is 18.8. The molecule has 0 fully saturated rings. The first-order valence-corrected chi connectivity index (χ1v) is 9.18. The van der Waals surface area contributed by atoms with Crippen LogP contribution in [0.15, 0.2) is 72.4 Å². The van der Waals surface area contributed by atoms with E-state index >= 15 is 0 Å². The van der Waals surface area contributed by atoms with Crippen molar-refractivity contribution in [1.29, 1.82) is 0 Å². The van der Waals surface area contributed by atoms with Gasteiger partial charge in [-0.05, 0) is 42.8 Å². The highest BCUT2D eigenvalue weighted by atomic mass is 32.1. The monoisotopic (exact) mass is 379 g/mol. The van der Waals surface area contributed by atoms with Crippen LogP contribution in [0.25, 0.3) is 11.3 Å². The van der Waals surface area contributed by atoms with E-state index in [9.17, 15) is 8.78 Å². The maximum Gasteiger partial charge on any atom is 0.195 e. The Morgan fingerprint density at radius 3 is 2.44 bits per heavy atom. The molecule has 27 heavy (non-hydrogen) atoms. The number of benzene rings is 2. The number of aromatic nitrogens is 2. The van der Waals surface area contributed by atoms with Gasteiger partial charge < -0.3 is 0 Å². The molecule has 4 rings (SSSR count). The molecule has 2 aromatic carbocycles. The molecule has 0 radical (unpaired) electrons. The van der Waals surface area contributed by atoms with Gasteiger partial charge in [0.1, 0.15) is 11.6 Å². The molecule has 0 amide bonds. The van der Waals surface area contributed by atoms with Gasteiger partial charge in [0.05, 0.1) is 17.1 Å². The molecule has 0 bridgehead atoms.